The molecule has 0 bridgehead atoms. The number of aryl methyl sites for hydroxylation is 1. The topological polar surface area (TPSA) is 68.0 Å². The van der Waals surface area contributed by atoms with E-state index in [0.717, 1.165) is 0 Å². The number of rotatable bonds is 2. The lowest BCUT2D eigenvalue weighted by Crippen LogP contribution is -2.14. The third-order valence-electron chi connectivity index (χ3n) is 2.74. The highest BCUT2D eigenvalue weighted by Crippen LogP contribution is 2.13. The number of pyridine rings is 1. The van der Waals surface area contributed by atoms with E-state index in [1.807, 2.05) is 0 Å². The summed E-state index contributed by atoms with van der Waals surface area (Å²) in [6.45, 7) is 1.92. The SMILES string of the molecule is Cc1cc(F)ccc1C(=O)Nc1cccc(C#CCN)n1. The van der Waals surface area contributed by atoms with Crippen LogP contribution in [0.25, 0.3) is 0 Å². The largest absolute Gasteiger partial charge is 0.320 e. The van der Waals surface area contributed by atoms with Crippen molar-refractivity contribution < 1.29 is 9.18 Å². The summed E-state index contributed by atoms with van der Waals surface area (Å²) in [5, 5.41) is 2.66. The van der Waals surface area contributed by atoms with Crippen molar-refractivity contribution in [2.24, 2.45) is 5.73 Å². The summed E-state index contributed by atoms with van der Waals surface area (Å²) in [4.78, 5) is 16.3. The molecule has 2 rings (SSSR count). The summed E-state index contributed by atoms with van der Waals surface area (Å²) in [5.74, 6) is 5.15. The predicted octanol–water partition coefficient (Wildman–Crippen LogP) is 2.09. The molecule has 0 radical (unpaired) electrons. The number of halogens is 1. The lowest BCUT2D eigenvalue weighted by Gasteiger charge is -2.07. The van der Waals surface area contributed by atoms with Gasteiger partial charge in [-0.3, -0.25) is 4.79 Å². The molecule has 5 heteroatoms. The van der Waals surface area contributed by atoms with Crippen LogP contribution in [-0.2, 0) is 0 Å². The van der Waals surface area contributed by atoms with Gasteiger partial charge in [0.2, 0.25) is 0 Å². The molecule has 0 spiro atoms. The molecule has 0 aliphatic heterocycles. The second-order valence-corrected chi connectivity index (χ2v) is 4.33. The molecule has 0 fully saturated rings. The number of benzene rings is 1. The summed E-state index contributed by atoms with van der Waals surface area (Å²) >= 11 is 0. The lowest BCUT2D eigenvalue weighted by atomic mass is 10.1. The zero-order valence-electron chi connectivity index (χ0n) is 11.5. The molecule has 4 nitrogen and oxygen atoms in total. The van der Waals surface area contributed by atoms with Crippen molar-refractivity contribution in [3.05, 3.63) is 59.0 Å². The molecule has 0 saturated heterocycles. The van der Waals surface area contributed by atoms with Gasteiger partial charge in [-0.15, -0.1) is 0 Å². The van der Waals surface area contributed by atoms with E-state index < -0.39 is 0 Å². The van der Waals surface area contributed by atoms with Crippen molar-refractivity contribution in [3.8, 4) is 11.8 Å². The van der Waals surface area contributed by atoms with Gasteiger partial charge in [-0.2, -0.15) is 0 Å². The molecule has 0 aliphatic rings. The molecule has 0 unspecified atom stereocenters. The number of hydrogen-bond acceptors (Lipinski definition) is 3. The minimum absolute atomic E-state index is 0.243. The Morgan fingerprint density at radius 2 is 2.19 bits per heavy atom. The molecule has 2 aromatic rings. The van der Waals surface area contributed by atoms with Crippen LogP contribution in [0.4, 0.5) is 10.2 Å². The zero-order valence-corrected chi connectivity index (χ0v) is 11.5. The van der Waals surface area contributed by atoms with Gasteiger partial charge < -0.3 is 11.1 Å². The van der Waals surface area contributed by atoms with E-state index in [1.54, 1.807) is 25.1 Å². The fraction of sp³-hybridized carbons (Fsp3) is 0.125. The standard InChI is InChI=1S/C16H14FN3O/c1-11-10-12(17)7-8-14(11)16(21)20-15-6-2-4-13(19-15)5-3-9-18/h2,4,6-8,10H,9,18H2,1H3,(H,19,20,21). The Hall–Kier alpha value is -2.71. The van der Waals surface area contributed by atoms with Gasteiger partial charge in [-0.05, 0) is 48.7 Å². The van der Waals surface area contributed by atoms with Gasteiger partial charge in [0.05, 0.1) is 6.54 Å². The molecule has 21 heavy (non-hydrogen) atoms. The number of anilines is 1. The van der Waals surface area contributed by atoms with Gasteiger partial charge in [0.1, 0.15) is 17.3 Å². The molecular formula is C16H14FN3O. The first-order chi connectivity index (χ1) is 10.1. The van der Waals surface area contributed by atoms with E-state index in [2.05, 4.69) is 22.1 Å². The maximum atomic E-state index is 13.0. The second kappa shape index (κ2) is 6.64. The Morgan fingerprint density at radius 1 is 1.38 bits per heavy atom. The van der Waals surface area contributed by atoms with E-state index >= 15 is 0 Å². The molecule has 1 aromatic carbocycles. The molecule has 106 valence electrons. The molecule has 0 atom stereocenters. The van der Waals surface area contributed by atoms with E-state index in [0.29, 0.717) is 22.6 Å². The Bertz CT molecular complexity index is 732. The summed E-state index contributed by atoms with van der Waals surface area (Å²) in [6, 6.07) is 9.12. The van der Waals surface area contributed by atoms with Crippen LogP contribution in [0.15, 0.2) is 36.4 Å². The summed E-state index contributed by atoms with van der Waals surface area (Å²) in [5.41, 5.74) is 6.78. The van der Waals surface area contributed by atoms with Crippen LogP contribution >= 0.6 is 0 Å². The van der Waals surface area contributed by atoms with Crippen molar-refractivity contribution >= 4 is 11.7 Å². The number of nitrogens with one attached hydrogen (secondary N) is 1. The molecular weight excluding hydrogens is 269 g/mol. The Balaban J connectivity index is 2.19. The van der Waals surface area contributed by atoms with Crippen LogP contribution in [0.5, 0.6) is 0 Å². The Morgan fingerprint density at radius 3 is 2.90 bits per heavy atom. The van der Waals surface area contributed by atoms with Gasteiger partial charge in [0.15, 0.2) is 0 Å². The first-order valence-electron chi connectivity index (χ1n) is 6.33. The zero-order chi connectivity index (χ0) is 15.2. The van der Waals surface area contributed by atoms with Gasteiger partial charge >= 0.3 is 0 Å². The third kappa shape index (κ3) is 3.88. The van der Waals surface area contributed by atoms with Gasteiger partial charge in [0, 0.05) is 5.56 Å². The summed E-state index contributed by atoms with van der Waals surface area (Å²) < 4.78 is 13.0. The number of carbonyl (C=O) groups is 1. The van der Waals surface area contributed by atoms with Crippen molar-refractivity contribution in [2.75, 3.05) is 11.9 Å². The van der Waals surface area contributed by atoms with Crippen LogP contribution in [0.3, 0.4) is 0 Å². The van der Waals surface area contributed by atoms with E-state index in [-0.39, 0.29) is 18.3 Å². The Kier molecular flexibility index (Phi) is 4.64. The maximum absolute atomic E-state index is 13.0. The van der Waals surface area contributed by atoms with Crippen LogP contribution in [0, 0.1) is 24.6 Å². The quantitative estimate of drug-likeness (QED) is 0.829. The molecule has 3 N–H and O–H groups in total. The fourth-order valence-corrected chi connectivity index (χ4v) is 1.78. The number of nitrogens with two attached hydrogens (primary N) is 1. The number of nitrogens with zero attached hydrogens (tertiary/aromatic N) is 1. The van der Waals surface area contributed by atoms with Gasteiger partial charge in [-0.1, -0.05) is 12.0 Å². The number of aromatic nitrogens is 1. The molecule has 0 aliphatic carbocycles. The molecule has 1 amide bonds. The monoisotopic (exact) mass is 283 g/mol. The van der Waals surface area contributed by atoms with Crippen LogP contribution in [-0.4, -0.2) is 17.4 Å². The van der Waals surface area contributed by atoms with Crippen molar-refractivity contribution in [2.45, 2.75) is 6.92 Å². The minimum atomic E-state index is -0.374. The maximum Gasteiger partial charge on any atom is 0.257 e. The van der Waals surface area contributed by atoms with E-state index in [9.17, 15) is 9.18 Å². The highest BCUT2D eigenvalue weighted by molar-refractivity contribution is 6.04. The first kappa shape index (κ1) is 14.7. The summed E-state index contributed by atoms with van der Waals surface area (Å²) in [6.07, 6.45) is 0. The highest BCUT2D eigenvalue weighted by atomic mass is 19.1. The highest BCUT2D eigenvalue weighted by Gasteiger charge is 2.10. The molecule has 1 heterocycles. The second-order valence-electron chi connectivity index (χ2n) is 4.33. The van der Waals surface area contributed by atoms with E-state index in [4.69, 9.17) is 5.73 Å². The lowest BCUT2D eigenvalue weighted by molar-refractivity contribution is 0.102. The van der Waals surface area contributed by atoms with Crippen molar-refractivity contribution in [3.63, 3.8) is 0 Å². The average molecular weight is 283 g/mol. The van der Waals surface area contributed by atoms with Gasteiger partial charge in [0.25, 0.3) is 5.91 Å². The van der Waals surface area contributed by atoms with Crippen LogP contribution in [0.2, 0.25) is 0 Å². The number of amides is 1. The number of carbonyl (C=O) groups excluding carboxylic acids is 1. The predicted molar refractivity (Wildman–Crippen MR) is 79.3 cm³/mol. The summed E-state index contributed by atoms with van der Waals surface area (Å²) in [7, 11) is 0. The number of hydrogen-bond donors (Lipinski definition) is 2. The van der Waals surface area contributed by atoms with Crippen LogP contribution in [0.1, 0.15) is 21.6 Å². The van der Waals surface area contributed by atoms with E-state index in [1.165, 1.54) is 18.2 Å². The van der Waals surface area contributed by atoms with Crippen molar-refractivity contribution in [1.29, 1.82) is 0 Å². The van der Waals surface area contributed by atoms with Gasteiger partial charge in [-0.25, -0.2) is 9.37 Å². The Labute approximate surface area is 122 Å². The van der Waals surface area contributed by atoms with Crippen LogP contribution < -0.4 is 11.1 Å². The average Bonchev–Trinajstić information content (AvgIpc) is 2.45. The van der Waals surface area contributed by atoms with Crippen molar-refractivity contribution in [1.82, 2.24) is 4.98 Å². The first-order valence-corrected chi connectivity index (χ1v) is 6.33. The molecule has 0 saturated carbocycles. The normalized spacial score (nSPS) is 9.67. The molecule has 1 aromatic heterocycles. The minimum Gasteiger partial charge on any atom is -0.320 e. The smallest absolute Gasteiger partial charge is 0.257 e. The fourth-order valence-electron chi connectivity index (χ4n) is 1.78. The third-order valence-corrected chi connectivity index (χ3v) is 2.74.